The fourth-order valence-corrected chi connectivity index (χ4v) is 2.53. The van der Waals surface area contributed by atoms with Crippen LogP contribution in [0.1, 0.15) is 17.5 Å². The number of benzene rings is 1. The lowest BCUT2D eigenvalue weighted by molar-refractivity contribution is -0.137. The minimum Gasteiger partial charge on any atom is -0.312 e. The van der Waals surface area contributed by atoms with Gasteiger partial charge in [-0.2, -0.15) is 13.2 Å². The van der Waals surface area contributed by atoms with E-state index in [2.05, 4.69) is 10.2 Å². The Bertz CT molecular complexity index is 459. The molecule has 0 radical (unpaired) electrons. The van der Waals surface area contributed by atoms with Crippen LogP contribution in [0.25, 0.3) is 0 Å². The number of likely N-dealkylation sites (tertiary alicyclic amines) is 1. The van der Waals surface area contributed by atoms with Crippen LogP contribution in [-0.4, -0.2) is 31.6 Å². The molecular formula is C14H18F4N2. The number of nitrogens with zero attached hydrogens (tertiary/aromatic N) is 1. The molecular weight excluding hydrogens is 272 g/mol. The average Bonchev–Trinajstić information content (AvgIpc) is 2.73. The molecule has 2 nitrogen and oxygen atoms in total. The number of alkyl halides is 3. The maximum atomic E-state index is 13.2. The van der Waals surface area contributed by atoms with Crippen molar-refractivity contribution in [1.29, 1.82) is 0 Å². The van der Waals surface area contributed by atoms with Crippen LogP contribution < -0.4 is 5.32 Å². The van der Waals surface area contributed by atoms with E-state index < -0.39 is 17.6 Å². The molecule has 0 bridgehead atoms. The zero-order chi connectivity index (χ0) is 14.8. The minimum atomic E-state index is -4.51. The summed E-state index contributed by atoms with van der Waals surface area (Å²) in [5, 5.41) is 3.11. The van der Waals surface area contributed by atoms with E-state index in [0.717, 1.165) is 38.2 Å². The Hall–Kier alpha value is -1.14. The second-order valence-electron chi connectivity index (χ2n) is 5.39. The lowest BCUT2D eigenvalue weighted by Crippen LogP contribution is -2.25. The van der Waals surface area contributed by atoms with Gasteiger partial charge in [0.05, 0.1) is 5.56 Å². The molecule has 1 fully saturated rings. The van der Waals surface area contributed by atoms with Crippen LogP contribution in [0.15, 0.2) is 18.2 Å². The van der Waals surface area contributed by atoms with Gasteiger partial charge in [0, 0.05) is 13.1 Å². The predicted octanol–water partition coefficient (Wildman–Crippen LogP) is 2.89. The van der Waals surface area contributed by atoms with Gasteiger partial charge >= 0.3 is 6.18 Å². The van der Waals surface area contributed by atoms with Crippen molar-refractivity contribution in [2.75, 3.05) is 26.7 Å². The van der Waals surface area contributed by atoms with E-state index in [9.17, 15) is 17.6 Å². The highest BCUT2D eigenvalue weighted by Crippen LogP contribution is 2.30. The Morgan fingerprint density at radius 1 is 1.30 bits per heavy atom. The highest BCUT2D eigenvalue weighted by molar-refractivity contribution is 5.26. The number of nitrogens with one attached hydrogen (secondary N) is 1. The predicted molar refractivity (Wildman–Crippen MR) is 68.7 cm³/mol. The van der Waals surface area contributed by atoms with Gasteiger partial charge in [-0.15, -0.1) is 0 Å². The summed E-state index contributed by atoms with van der Waals surface area (Å²) >= 11 is 0. The zero-order valence-corrected chi connectivity index (χ0v) is 11.3. The average molecular weight is 290 g/mol. The quantitative estimate of drug-likeness (QED) is 0.858. The monoisotopic (exact) mass is 290 g/mol. The second kappa shape index (κ2) is 6.10. The van der Waals surface area contributed by atoms with Gasteiger partial charge in [-0.05, 0) is 56.2 Å². The Morgan fingerprint density at radius 3 is 2.65 bits per heavy atom. The molecule has 1 heterocycles. The Balaban J connectivity index is 1.91. The fraction of sp³-hybridized carbons (Fsp3) is 0.571. The summed E-state index contributed by atoms with van der Waals surface area (Å²) in [4.78, 5) is 2.22. The van der Waals surface area contributed by atoms with Gasteiger partial charge < -0.3 is 10.2 Å². The standard InChI is InChI=1S/C14H18F4N2/c1-20-3-2-10(9-20)7-19-8-11-4-12(14(16,17)18)6-13(15)5-11/h4-6,10,19H,2-3,7-9H2,1H3. The number of halogens is 4. The molecule has 0 saturated carbocycles. The van der Waals surface area contributed by atoms with Crippen molar-refractivity contribution in [2.45, 2.75) is 19.1 Å². The van der Waals surface area contributed by atoms with E-state index in [4.69, 9.17) is 0 Å². The van der Waals surface area contributed by atoms with Crippen LogP contribution in [0.5, 0.6) is 0 Å². The van der Waals surface area contributed by atoms with Crippen LogP contribution in [0, 0.1) is 11.7 Å². The highest BCUT2D eigenvalue weighted by atomic mass is 19.4. The van der Waals surface area contributed by atoms with Crippen LogP contribution in [0.3, 0.4) is 0 Å². The first kappa shape index (κ1) is 15.3. The lowest BCUT2D eigenvalue weighted by atomic mass is 10.1. The summed E-state index contributed by atoms with van der Waals surface area (Å²) < 4.78 is 50.9. The number of rotatable bonds is 4. The summed E-state index contributed by atoms with van der Waals surface area (Å²) in [6, 6.07) is 2.66. The van der Waals surface area contributed by atoms with E-state index in [1.807, 2.05) is 7.05 Å². The van der Waals surface area contributed by atoms with Crippen LogP contribution >= 0.6 is 0 Å². The topological polar surface area (TPSA) is 15.3 Å². The molecule has 6 heteroatoms. The largest absolute Gasteiger partial charge is 0.416 e. The van der Waals surface area contributed by atoms with Gasteiger partial charge in [-0.25, -0.2) is 4.39 Å². The van der Waals surface area contributed by atoms with Gasteiger partial charge in [-0.1, -0.05) is 0 Å². The first-order valence-corrected chi connectivity index (χ1v) is 6.60. The van der Waals surface area contributed by atoms with E-state index in [-0.39, 0.29) is 6.54 Å². The Morgan fingerprint density at radius 2 is 2.05 bits per heavy atom. The Kier molecular flexibility index (Phi) is 4.65. The van der Waals surface area contributed by atoms with Crippen molar-refractivity contribution in [1.82, 2.24) is 10.2 Å². The molecule has 1 aliphatic rings. The second-order valence-corrected chi connectivity index (χ2v) is 5.39. The number of hydrogen-bond acceptors (Lipinski definition) is 2. The molecule has 1 unspecified atom stereocenters. The molecule has 0 spiro atoms. The molecule has 1 atom stereocenters. The molecule has 112 valence electrons. The van der Waals surface area contributed by atoms with Gasteiger partial charge in [0.2, 0.25) is 0 Å². The number of hydrogen-bond donors (Lipinski definition) is 1. The molecule has 1 saturated heterocycles. The summed E-state index contributed by atoms with van der Waals surface area (Å²) in [6.45, 7) is 3.03. The van der Waals surface area contributed by atoms with Crippen molar-refractivity contribution in [2.24, 2.45) is 5.92 Å². The van der Waals surface area contributed by atoms with Crippen LogP contribution in [-0.2, 0) is 12.7 Å². The molecule has 1 aromatic carbocycles. The maximum absolute atomic E-state index is 13.2. The van der Waals surface area contributed by atoms with Crippen molar-refractivity contribution in [3.05, 3.63) is 35.1 Å². The highest BCUT2D eigenvalue weighted by Gasteiger charge is 2.31. The van der Waals surface area contributed by atoms with Crippen molar-refractivity contribution in [3.8, 4) is 0 Å². The molecule has 1 N–H and O–H groups in total. The molecule has 2 rings (SSSR count). The third-order valence-corrected chi connectivity index (χ3v) is 3.54. The smallest absolute Gasteiger partial charge is 0.312 e. The van der Waals surface area contributed by atoms with E-state index in [0.29, 0.717) is 17.5 Å². The summed E-state index contributed by atoms with van der Waals surface area (Å²) in [5.41, 5.74) is -0.612. The first-order valence-electron chi connectivity index (χ1n) is 6.60. The van der Waals surface area contributed by atoms with Gasteiger partial charge in [-0.3, -0.25) is 0 Å². The molecule has 1 aliphatic heterocycles. The van der Waals surface area contributed by atoms with Gasteiger partial charge in [0.1, 0.15) is 5.82 Å². The van der Waals surface area contributed by atoms with E-state index in [1.54, 1.807) is 0 Å². The third kappa shape index (κ3) is 4.18. The molecule has 0 amide bonds. The lowest BCUT2D eigenvalue weighted by Gasteiger charge is -2.13. The van der Waals surface area contributed by atoms with Crippen molar-refractivity contribution < 1.29 is 17.6 Å². The normalized spacial score (nSPS) is 20.6. The summed E-state index contributed by atoms with van der Waals surface area (Å²) in [6.07, 6.45) is -3.43. The van der Waals surface area contributed by atoms with Crippen molar-refractivity contribution >= 4 is 0 Å². The van der Waals surface area contributed by atoms with Gasteiger partial charge in [0.15, 0.2) is 0 Å². The van der Waals surface area contributed by atoms with E-state index in [1.165, 1.54) is 0 Å². The van der Waals surface area contributed by atoms with Gasteiger partial charge in [0.25, 0.3) is 0 Å². The molecule has 0 aromatic heterocycles. The van der Waals surface area contributed by atoms with Crippen LogP contribution in [0.2, 0.25) is 0 Å². The molecule has 1 aromatic rings. The van der Waals surface area contributed by atoms with E-state index >= 15 is 0 Å². The van der Waals surface area contributed by atoms with Crippen LogP contribution in [0.4, 0.5) is 17.6 Å². The molecule has 20 heavy (non-hydrogen) atoms. The summed E-state index contributed by atoms with van der Waals surface area (Å²) in [5.74, 6) is -0.340. The fourth-order valence-electron chi connectivity index (χ4n) is 2.53. The first-order chi connectivity index (χ1) is 9.34. The van der Waals surface area contributed by atoms with Crippen molar-refractivity contribution in [3.63, 3.8) is 0 Å². The maximum Gasteiger partial charge on any atom is 0.416 e. The third-order valence-electron chi connectivity index (χ3n) is 3.54. The summed E-state index contributed by atoms with van der Waals surface area (Å²) in [7, 11) is 2.04. The SMILES string of the molecule is CN1CCC(CNCc2cc(F)cc(C(F)(F)F)c2)C1. The Labute approximate surface area is 115 Å². The zero-order valence-electron chi connectivity index (χ0n) is 11.3. The molecule has 0 aliphatic carbocycles. The minimum absolute atomic E-state index is 0.251.